The van der Waals surface area contributed by atoms with Gasteiger partial charge in [0.05, 0.1) is 0 Å². The number of carboxylic acid groups (broad SMARTS) is 2. The van der Waals surface area contributed by atoms with Gasteiger partial charge in [-0.15, -0.1) is 0 Å². The van der Waals surface area contributed by atoms with Gasteiger partial charge in [0.1, 0.15) is 6.04 Å². The van der Waals surface area contributed by atoms with Gasteiger partial charge in [0, 0.05) is 12.0 Å². The van der Waals surface area contributed by atoms with Gasteiger partial charge < -0.3 is 21.3 Å². The van der Waals surface area contributed by atoms with Crippen LogP contribution < -0.4 is 11.1 Å². The fourth-order valence-electron chi connectivity index (χ4n) is 2.01. The van der Waals surface area contributed by atoms with Crippen molar-refractivity contribution in [3.05, 3.63) is 34.4 Å². The van der Waals surface area contributed by atoms with E-state index in [4.69, 9.17) is 15.9 Å². The summed E-state index contributed by atoms with van der Waals surface area (Å²) in [6, 6.07) is 1.87. The highest BCUT2D eigenvalue weighted by Gasteiger charge is 2.22. The number of carbonyl (C=O) groups is 3. The molecule has 0 bridgehead atoms. The number of hydrogen-bond donors (Lipinski definition) is 4. The Kier molecular flexibility index (Phi) is 4.68. The van der Waals surface area contributed by atoms with E-state index in [0.29, 0.717) is 22.3 Å². The Morgan fingerprint density at radius 1 is 1.20 bits per heavy atom. The predicted octanol–water partition coefficient (Wildman–Crippen LogP) is 0.666. The number of nitrogens with one attached hydrogen (secondary N) is 1. The summed E-state index contributed by atoms with van der Waals surface area (Å²) < 4.78 is 0. The maximum Gasteiger partial charge on any atom is 0.405 e. The van der Waals surface area contributed by atoms with E-state index >= 15 is 0 Å². The first-order valence-corrected chi connectivity index (χ1v) is 5.84. The van der Waals surface area contributed by atoms with Crippen LogP contribution in [-0.4, -0.2) is 34.2 Å². The minimum Gasteiger partial charge on any atom is -0.480 e. The summed E-state index contributed by atoms with van der Waals surface area (Å²) in [4.78, 5) is 32.7. The SMILES string of the molecule is Cc1cc(C(N)=O)cc(C)c1CC(NC(=O)O)C(=O)O. The van der Waals surface area contributed by atoms with E-state index in [0.717, 1.165) is 0 Å². The second kappa shape index (κ2) is 6.05. The molecule has 0 saturated heterocycles. The summed E-state index contributed by atoms with van der Waals surface area (Å²) in [5.41, 5.74) is 7.59. The predicted molar refractivity (Wildman–Crippen MR) is 70.7 cm³/mol. The van der Waals surface area contributed by atoms with E-state index in [1.54, 1.807) is 26.0 Å². The van der Waals surface area contributed by atoms with Gasteiger partial charge in [-0.1, -0.05) is 0 Å². The Morgan fingerprint density at radius 2 is 1.70 bits per heavy atom. The lowest BCUT2D eigenvalue weighted by Crippen LogP contribution is -2.41. The number of nitrogens with two attached hydrogens (primary N) is 1. The van der Waals surface area contributed by atoms with E-state index in [1.165, 1.54) is 0 Å². The molecule has 0 fully saturated rings. The highest BCUT2D eigenvalue weighted by Crippen LogP contribution is 2.18. The molecule has 1 aromatic rings. The van der Waals surface area contributed by atoms with E-state index in [2.05, 4.69) is 0 Å². The molecule has 108 valence electrons. The molecule has 7 heteroatoms. The number of carbonyl (C=O) groups excluding carboxylic acids is 1. The molecule has 0 saturated carbocycles. The number of rotatable bonds is 5. The minimum absolute atomic E-state index is 0.00164. The largest absolute Gasteiger partial charge is 0.480 e. The molecular formula is C13H16N2O5. The molecule has 5 N–H and O–H groups in total. The van der Waals surface area contributed by atoms with Crippen LogP contribution in [0.3, 0.4) is 0 Å². The summed E-state index contributed by atoms with van der Waals surface area (Å²) in [6.45, 7) is 3.43. The normalized spacial score (nSPS) is 11.7. The number of hydrogen-bond acceptors (Lipinski definition) is 3. The van der Waals surface area contributed by atoms with Gasteiger partial charge in [0.25, 0.3) is 0 Å². The van der Waals surface area contributed by atoms with Crippen molar-refractivity contribution in [2.75, 3.05) is 0 Å². The van der Waals surface area contributed by atoms with Crippen LogP contribution in [0, 0.1) is 13.8 Å². The second-order valence-electron chi connectivity index (χ2n) is 4.50. The van der Waals surface area contributed by atoms with E-state index < -0.39 is 24.0 Å². The standard InChI is InChI=1S/C13H16N2O5/c1-6-3-8(11(14)16)4-7(2)9(6)5-10(12(17)18)15-13(19)20/h3-4,10,15H,5H2,1-2H3,(H2,14,16)(H,17,18)(H,19,20). The Balaban J connectivity index is 3.10. The van der Waals surface area contributed by atoms with Crippen molar-refractivity contribution in [3.8, 4) is 0 Å². The molecule has 0 radical (unpaired) electrons. The number of carboxylic acids is 1. The maximum atomic E-state index is 11.1. The molecule has 0 heterocycles. The number of aryl methyl sites for hydroxylation is 2. The third kappa shape index (κ3) is 3.71. The molecule has 1 atom stereocenters. The van der Waals surface area contributed by atoms with Crippen LogP contribution >= 0.6 is 0 Å². The molecule has 0 aliphatic carbocycles. The molecule has 0 spiro atoms. The molecule has 2 amide bonds. The van der Waals surface area contributed by atoms with Crippen LogP contribution in [0.2, 0.25) is 0 Å². The molecule has 0 aliphatic rings. The fourth-order valence-corrected chi connectivity index (χ4v) is 2.01. The Hall–Kier alpha value is -2.57. The van der Waals surface area contributed by atoms with Crippen LogP contribution in [0.1, 0.15) is 27.0 Å². The van der Waals surface area contributed by atoms with Crippen molar-refractivity contribution in [1.82, 2.24) is 5.32 Å². The summed E-state index contributed by atoms with van der Waals surface area (Å²) in [6.07, 6.45) is -1.40. The van der Waals surface area contributed by atoms with Gasteiger partial charge in [0.15, 0.2) is 0 Å². The van der Waals surface area contributed by atoms with Crippen LogP contribution in [-0.2, 0) is 11.2 Å². The Bertz CT molecular complexity index is 545. The van der Waals surface area contributed by atoms with E-state index in [1.807, 2.05) is 5.32 Å². The van der Waals surface area contributed by atoms with Crippen molar-refractivity contribution in [2.45, 2.75) is 26.3 Å². The van der Waals surface area contributed by atoms with Gasteiger partial charge in [-0.05, 0) is 42.7 Å². The molecule has 0 aromatic heterocycles. The summed E-state index contributed by atoms with van der Waals surface area (Å²) in [5, 5.41) is 19.6. The highest BCUT2D eigenvalue weighted by molar-refractivity contribution is 5.93. The van der Waals surface area contributed by atoms with Crippen molar-refractivity contribution in [2.24, 2.45) is 5.73 Å². The zero-order valence-corrected chi connectivity index (χ0v) is 11.1. The lowest BCUT2D eigenvalue weighted by atomic mass is 9.94. The Labute approximate surface area is 115 Å². The number of primary amides is 1. The van der Waals surface area contributed by atoms with Gasteiger partial charge in [-0.3, -0.25) is 4.79 Å². The number of aliphatic carboxylic acids is 1. The first-order chi connectivity index (χ1) is 9.22. The quantitative estimate of drug-likeness (QED) is 0.629. The smallest absolute Gasteiger partial charge is 0.405 e. The molecule has 1 rings (SSSR count). The zero-order chi connectivity index (χ0) is 15.4. The second-order valence-corrected chi connectivity index (χ2v) is 4.50. The van der Waals surface area contributed by atoms with Crippen molar-refractivity contribution in [1.29, 1.82) is 0 Å². The summed E-state index contributed by atoms with van der Waals surface area (Å²) >= 11 is 0. The van der Waals surface area contributed by atoms with E-state index in [9.17, 15) is 14.4 Å². The van der Waals surface area contributed by atoms with Crippen LogP contribution in [0.15, 0.2) is 12.1 Å². The minimum atomic E-state index is -1.40. The average Bonchev–Trinajstić information content (AvgIpc) is 2.30. The summed E-state index contributed by atoms with van der Waals surface area (Å²) in [5.74, 6) is -1.83. The molecular weight excluding hydrogens is 264 g/mol. The Morgan fingerprint density at radius 3 is 2.05 bits per heavy atom. The lowest BCUT2D eigenvalue weighted by Gasteiger charge is -2.16. The van der Waals surface area contributed by atoms with Crippen LogP contribution in [0.4, 0.5) is 4.79 Å². The van der Waals surface area contributed by atoms with Gasteiger partial charge >= 0.3 is 12.1 Å². The average molecular weight is 280 g/mol. The molecule has 1 unspecified atom stereocenters. The molecule has 20 heavy (non-hydrogen) atoms. The van der Waals surface area contributed by atoms with Gasteiger partial charge in [-0.25, -0.2) is 9.59 Å². The first-order valence-electron chi connectivity index (χ1n) is 5.84. The van der Waals surface area contributed by atoms with Crippen molar-refractivity contribution in [3.63, 3.8) is 0 Å². The number of amides is 2. The lowest BCUT2D eigenvalue weighted by molar-refractivity contribution is -0.139. The van der Waals surface area contributed by atoms with Crippen molar-refractivity contribution >= 4 is 18.0 Å². The third-order valence-corrected chi connectivity index (χ3v) is 2.98. The molecule has 7 nitrogen and oxygen atoms in total. The monoisotopic (exact) mass is 280 g/mol. The molecule has 1 aromatic carbocycles. The zero-order valence-electron chi connectivity index (χ0n) is 11.1. The fraction of sp³-hybridized carbons (Fsp3) is 0.308. The maximum absolute atomic E-state index is 11.1. The highest BCUT2D eigenvalue weighted by atomic mass is 16.4. The van der Waals surface area contributed by atoms with Crippen LogP contribution in [0.5, 0.6) is 0 Å². The van der Waals surface area contributed by atoms with E-state index in [-0.39, 0.29) is 6.42 Å². The molecule has 0 aliphatic heterocycles. The first kappa shape index (κ1) is 15.5. The summed E-state index contributed by atoms with van der Waals surface area (Å²) in [7, 11) is 0. The topological polar surface area (TPSA) is 130 Å². The van der Waals surface area contributed by atoms with Gasteiger partial charge in [-0.2, -0.15) is 0 Å². The van der Waals surface area contributed by atoms with Crippen molar-refractivity contribution < 1.29 is 24.6 Å². The van der Waals surface area contributed by atoms with Gasteiger partial charge in [0.2, 0.25) is 5.91 Å². The number of benzene rings is 1. The van der Waals surface area contributed by atoms with Crippen LogP contribution in [0.25, 0.3) is 0 Å². The third-order valence-electron chi connectivity index (χ3n) is 2.98.